The summed E-state index contributed by atoms with van der Waals surface area (Å²) in [4.78, 5) is 27.5. The third kappa shape index (κ3) is 2.64. The number of hydrogen-bond acceptors (Lipinski definition) is 6. The molecule has 0 aliphatic carbocycles. The summed E-state index contributed by atoms with van der Waals surface area (Å²) < 4.78 is 6.95. The van der Waals surface area contributed by atoms with Crippen molar-refractivity contribution in [1.29, 1.82) is 0 Å². The molecule has 0 radical (unpaired) electrons. The molecular weight excluding hydrogens is 308 g/mol. The molecule has 8 heteroatoms. The number of likely N-dealkylation sites (tertiary alicyclic amines) is 1. The Labute approximate surface area is 138 Å². The van der Waals surface area contributed by atoms with E-state index in [9.17, 15) is 4.79 Å². The van der Waals surface area contributed by atoms with Crippen LogP contribution in [-0.2, 0) is 6.42 Å². The van der Waals surface area contributed by atoms with E-state index in [-0.39, 0.29) is 11.8 Å². The molecule has 0 spiro atoms. The number of piperidine rings is 1. The third-order valence-electron chi connectivity index (χ3n) is 4.31. The second kappa shape index (κ2) is 6.03. The maximum Gasteiger partial charge on any atom is 0.274 e. The minimum Gasteiger partial charge on any atom is -0.339 e. The second-order valence-corrected chi connectivity index (χ2v) is 5.94. The van der Waals surface area contributed by atoms with Crippen molar-refractivity contribution in [2.45, 2.75) is 32.1 Å². The number of hydrogen-bond donors (Lipinski definition) is 0. The molecule has 1 amide bonds. The van der Waals surface area contributed by atoms with Gasteiger partial charge in [-0.25, -0.2) is 9.97 Å². The molecule has 1 saturated heterocycles. The Bertz CT molecular complexity index is 837. The van der Waals surface area contributed by atoms with Gasteiger partial charge >= 0.3 is 0 Å². The van der Waals surface area contributed by atoms with Gasteiger partial charge in [-0.05, 0) is 18.9 Å². The number of carbonyl (C=O) groups is 1. The molecule has 0 N–H and O–H groups in total. The summed E-state index contributed by atoms with van der Waals surface area (Å²) >= 11 is 0. The van der Waals surface area contributed by atoms with Gasteiger partial charge in [-0.15, -0.1) is 0 Å². The summed E-state index contributed by atoms with van der Waals surface area (Å²) in [6.07, 6.45) is 7.80. The molecule has 3 aromatic heterocycles. The van der Waals surface area contributed by atoms with Gasteiger partial charge in [0.2, 0.25) is 11.7 Å². The summed E-state index contributed by atoms with van der Waals surface area (Å²) in [6, 6.07) is 1.81. The number of rotatable bonds is 3. The van der Waals surface area contributed by atoms with Gasteiger partial charge in [0.15, 0.2) is 5.82 Å². The smallest absolute Gasteiger partial charge is 0.274 e. The van der Waals surface area contributed by atoms with Gasteiger partial charge in [0, 0.05) is 44.0 Å². The zero-order valence-electron chi connectivity index (χ0n) is 13.4. The van der Waals surface area contributed by atoms with Crippen LogP contribution in [0, 0.1) is 0 Å². The quantitative estimate of drug-likeness (QED) is 0.727. The second-order valence-electron chi connectivity index (χ2n) is 5.94. The first kappa shape index (κ1) is 14.8. The average Bonchev–Trinajstić information content (AvgIpc) is 3.27. The molecule has 0 bridgehead atoms. The minimum atomic E-state index is -0.0793. The largest absolute Gasteiger partial charge is 0.339 e. The molecule has 4 rings (SSSR count). The highest BCUT2D eigenvalue weighted by Gasteiger charge is 2.29. The van der Waals surface area contributed by atoms with Gasteiger partial charge in [0.25, 0.3) is 5.91 Å². The molecule has 4 heterocycles. The average molecular weight is 326 g/mol. The molecule has 1 fully saturated rings. The number of nitrogens with zero attached hydrogens (tertiary/aromatic N) is 6. The van der Waals surface area contributed by atoms with Crippen LogP contribution >= 0.6 is 0 Å². The van der Waals surface area contributed by atoms with Crippen LogP contribution in [0.4, 0.5) is 0 Å². The molecule has 3 aromatic rings. The lowest BCUT2D eigenvalue weighted by Gasteiger charge is -2.30. The molecule has 0 unspecified atom stereocenters. The maximum atomic E-state index is 12.8. The highest BCUT2D eigenvalue weighted by atomic mass is 16.5. The number of aromatic nitrogens is 5. The van der Waals surface area contributed by atoms with E-state index in [1.54, 1.807) is 22.9 Å². The van der Waals surface area contributed by atoms with Crippen LogP contribution in [0.5, 0.6) is 0 Å². The van der Waals surface area contributed by atoms with Crippen molar-refractivity contribution in [1.82, 2.24) is 29.4 Å². The van der Waals surface area contributed by atoms with Crippen LogP contribution < -0.4 is 0 Å². The molecule has 1 aliphatic rings. The van der Waals surface area contributed by atoms with Crippen LogP contribution in [0.2, 0.25) is 0 Å². The molecular formula is C16H18N6O2. The molecule has 24 heavy (non-hydrogen) atoms. The molecule has 1 aliphatic heterocycles. The van der Waals surface area contributed by atoms with Crippen LogP contribution in [0.15, 0.2) is 29.2 Å². The van der Waals surface area contributed by atoms with Gasteiger partial charge in [-0.3, -0.25) is 9.20 Å². The van der Waals surface area contributed by atoms with Crippen molar-refractivity contribution in [2.24, 2.45) is 0 Å². The normalized spacial score (nSPS) is 18.2. The third-order valence-corrected chi connectivity index (χ3v) is 4.31. The molecule has 0 saturated carbocycles. The van der Waals surface area contributed by atoms with Gasteiger partial charge in [0.05, 0.1) is 0 Å². The summed E-state index contributed by atoms with van der Waals surface area (Å²) in [5.74, 6) is 1.90. The Hall–Kier alpha value is -2.77. The highest BCUT2D eigenvalue weighted by molar-refractivity contribution is 5.92. The van der Waals surface area contributed by atoms with E-state index in [0.717, 1.165) is 25.8 Å². The first-order chi connectivity index (χ1) is 11.7. The summed E-state index contributed by atoms with van der Waals surface area (Å²) in [5.41, 5.74) is 0.414. The van der Waals surface area contributed by atoms with E-state index < -0.39 is 0 Å². The van der Waals surface area contributed by atoms with Gasteiger partial charge in [0.1, 0.15) is 5.69 Å². The number of fused-ring (bicyclic) bond motifs is 1. The van der Waals surface area contributed by atoms with Crippen molar-refractivity contribution in [3.63, 3.8) is 0 Å². The lowest BCUT2D eigenvalue weighted by atomic mass is 9.97. The lowest BCUT2D eigenvalue weighted by molar-refractivity contribution is 0.0698. The standard InChI is InChI=1S/C16H18N6O2/c1-2-13-19-14(20-24-13)11-5-3-7-21(9-11)15(23)12-10-22-8-4-6-17-16(22)18-12/h4,6,8,10-11H,2-3,5,7,9H2,1H3/t11-/m1/s1. The fourth-order valence-electron chi connectivity index (χ4n) is 3.04. The predicted octanol–water partition coefficient (Wildman–Crippen LogP) is 1.69. The number of aryl methyl sites for hydroxylation is 1. The Morgan fingerprint density at radius 3 is 3.12 bits per heavy atom. The summed E-state index contributed by atoms with van der Waals surface area (Å²) in [6.45, 7) is 3.28. The molecule has 124 valence electrons. The Kier molecular flexibility index (Phi) is 3.72. The fourth-order valence-corrected chi connectivity index (χ4v) is 3.04. The monoisotopic (exact) mass is 326 g/mol. The van der Waals surface area contributed by atoms with Crippen LogP contribution in [0.3, 0.4) is 0 Å². The van der Waals surface area contributed by atoms with Gasteiger partial charge in [-0.1, -0.05) is 12.1 Å². The first-order valence-corrected chi connectivity index (χ1v) is 8.16. The Morgan fingerprint density at radius 1 is 1.42 bits per heavy atom. The van der Waals surface area contributed by atoms with Crippen molar-refractivity contribution in [3.05, 3.63) is 42.1 Å². The van der Waals surface area contributed by atoms with Crippen molar-refractivity contribution in [3.8, 4) is 0 Å². The minimum absolute atomic E-state index is 0.0793. The number of amides is 1. The fraction of sp³-hybridized carbons (Fsp3) is 0.438. The van der Waals surface area contributed by atoms with Gasteiger partial charge < -0.3 is 9.42 Å². The highest BCUT2D eigenvalue weighted by Crippen LogP contribution is 2.26. The number of imidazole rings is 1. The van der Waals surface area contributed by atoms with Crippen molar-refractivity contribution in [2.75, 3.05) is 13.1 Å². The van der Waals surface area contributed by atoms with E-state index in [4.69, 9.17) is 4.52 Å². The summed E-state index contributed by atoms with van der Waals surface area (Å²) in [5, 5.41) is 4.06. The van der Waals surface area contributed by atoms with Crippen molar-refractivity contribution >= 4 is 11.7 Å². The zero-order valence-corrected chi connectivity index (χ0v) is 13.4. The predicted molar refractivity (Wildman–Crippen MR) is 84.5 cm³/mol. The summed E-state index contributed by atoms with van der Waals surface area (Å²) in [7, 11) is 0. The van der Waals surface area contributed by atoms with E-state index in [1.165, 1.54) is 0 Å². The van der Waals surface area contributed by atoms with E-state index in [2.05, 4.69) is 20.1 Å². The van der Waals surface area contributed by atoms with E-state index in [1.807, 2.05) is 18.0 Å². The lowest BCUT2D eigenvalue weighted by Crippen LogP contribution is -2.39. The molecule has 8 nitrogen and oxygen atoms in total. The SMILES string of the molecule is CCc1nc([C@@H]2CCCN(C(=O)c3cn4cccnc4n3)C2)no1. The topological polar surface area (TPSA) is 89.4 Å². The molecule has 0 aromatic carbocycles. The van der Waals surface area contributed by atoms with Crippen LogP contribution in [-0.4, -0.2) is 48.4 Å². The van der Waals surface area contributed by atoms with Crippen LogP contribution in [0.1, 0.15) is 47.9 Å². The Morgan fingerprint density at radius 2 is 2.33 bits per heavy atom. The number of carbonyl (C=O) groups excluding carboxylic acids is 1. The van der Waals surface area contributed by atoms with Crippen molar-refractivity contribution < 1.29 is 9.32 Å². The maximum absolute atomic E-state index is 12.8. The van der Waals surface area contributed by atoms with E-state index in [0.29, 0.717) is 29.7 Å². The Balaban J connectivity index is 1.53. The molecule has 1 atom stereocenters. The van der Waals surface area contributed by atoms with Crippen LogP contribution in [0.25, 0.3) is 5.78 Å². The van der Waals surface area contributed by atoms with Gasteiger partial charge in [-0.2, -0.15) is 4.98 Å². The first-order valence-electron chi connectivity index (χ1n) is 8.16. The zero-order chi connectivity index (χ0) is 16.5. The van der Waals surface area contributed by atoms with E-state index >= 15 is 0 Å².